The Bertz CT molecular complexity index is 654. The first-order valence-corrected chi connectivity index (χ1v) is 5.63. The van der Waals surface area contributed by atoms with Crippen molar-refractivity contribution in [2.24, 2.45) is 0 Å². The van der Waals surface area contributed by atoms with Gasteiger partial charge in [-0.1, -0.05) is 6.07 Å². The molecule has 0 saturated heterocycles. The number of anilines is 1. The van der Waals surface area contributed by atoms with Gasteiger partial charge in [-0.15, -0.1) is 0 Å². The van der Waals surface area contributed by atoms with Crippen molar-refractivity contribution in [1.29, 1.82) is 0 Å². The first-order valence-electron chi connectivity index (χ1n) is 5.63. The van der Waals surface area contributed by atoms with Crippen LogP contribution in [0.25, 0.3) is 11.2 Å². The average molecular weight is 237 g/mol. The fraction of sp³-hybridized carbons (Fsp3) is 0.0769. The number of hydrogen-bond acceptors (Lipinski definition) is 5. The molecule has 0 unspecified atom stereocenters. The molecule has 0 spiro atoms. The topological polar surface area (TPSA) is 63.6 Å². The highest BCUT2D eigenvalue weighted by Gasteiger charge is 1.99. The van der Waals surface area contributed by atoms with Crippen molar-refractivity contribution in [3.05, 3.63) is 54.6 Å². The summed E-state index contributed by atoms with van der Waals surface area (Å²) in [6, 6.07) is 9.61. The average Bonchev–Trinajstić information content (AvgIpc) is 2.46. The number of nitrogens with zero attached hydrogens (tertiary/aromatic N) is 4. The molecule has 3 aromatic heterocycles. The lowest BCUT2D eigenvalue weighted by molar-refractivity contribution is 1.03. The molecule has 0 aliphatic heterocycles. The molecule has 88 valence electrons. The van der Waals surface area contributed by atoms with Gasteiger partial charge in [0.2, 0.25) is 0 Å². The van der Waals surface area contributed by atoms with E-state index in [-0.39, 0.29) is 0 Å². The molecule has 3 rings (SSSR count). The summed E-state index contributed by atoms with van der Waals surface area (Å²) in [6.07, 6.45) is 5.07. The molecule has 0 atom stereocenters. The van der Waals surface area contributed by atoms with Crippen LogP contribution in [0.1, 0.15) is 5.69 Å². The van der Waals surface area contributed by atoms with E-state index in [1.54, 1.807) is 18.6 Å². The van der Waals surface area contributed by atoms with Crippen molar-refractivity contribution in [2.45, 2.75) is 6.54 Å². The lowest BCUT2D eigenvalue weighted by Gasteiger charge is -2.05. The molecule has 0 aliphatic rings. The largest absolute Gasteiger partial charge is 0.364 e. The minimum atomic E-state index is 0.639. The molecule has 0 bridgehead atoms. The van der Waals surface area contributed by atoms with E-state index in [0.29, 0.717) is 12.2 Å². The Morgan fingerprint density at radius 3 is 2.72 bits per heavy atom. The molecule has 1 N–H and O–H groups in total. The van der Waals surface area contributed by atoms with Crippen LogP contribution < -0.4 is 5.32 Å². The molecule has 3 heterocycles. The summed E-state index contributed by atoms with van der Waals surface area (Å²) in [5, 5.41) is 3.21. The van der Waals surface area contributed by atoms with Crippen LogP contribution in [0, 0.1) is 0 Å². The van der Waals surface area contributed by atoms with E-state index in [1.165, 1.54) is 0 Å². The second kappa shape index (κ2) is 4.75. The zero-order chi connectivity index (χ0) is 12.2. The normalized spacial score (nSPS) is 10.4. The number of nitrogens with one attached hydrogen (secondary N) is 1. The standard InChI is InChI=1S/C13H11N5/c1-2-6-14-10(3-1)9-17-12-5-4-11-13(18-12)16-8-7-15-11/h1-8H,9H2,(H,16,17,18). The van der Waals surface area contributed by atoms with Crippen LogP contribution in [-0.4, -0.2) is 19.9 Å². The number of hydrogen-bond donors (Lipinski definition) is 1. The van der Waals surface area contributed by atoms with Crippen molar-refractivity contribution in [3.8, 4) is 0 Å². The SMILES string of the molecule is c1ccc(CNc2ccc3nccnc3n2)nc1. The maximum atomic E-state index is 4.38. The van der Waals surface area contributed by atoms with Crippen molar-refractivity contribution < 1.29 is 0 Å². The Kier molecular flexibility index (Phi) is 2.79. The smallest absolute Gasteiger partial charge is 0.180 e. The maximum absolute atomic E-state index is 4.38. The van der Waals surface area contributed by atoms with Crippen molar-refractivity contribution in [1.82, 2.24) is 19.9 Å². The maximum Gasteiger partial charge on any atom is 0.180 e. The van der Waals surface area contributed by atoms with Gasteiger partial charge in [0.15, 0.2) is 5.65 Å². The van der Waals surface area contributed by atoms with Gasteiger partial charge in [-0.2, -0.15) is 0 Å². The molecule has 0 amide bonds. The van der Waals surface area contributed by atoms with Gasteiger partial charge in [0.25, 0.3) is 0 Å². The second-order valence-electron chi connectivity index (χ2n) is 3.77. The lowest BCUT2D eigenvalue weighted by atomic mass is 10.3. The van der Waals surface area contributed by atoms with Gasteiger partial charge in [-0.05, 0) is 24.3 Å². The fourth-order valence-corrected chi connectivity index (χ4v) is 1.64. The van der Waals surface area contributed by atoms with Crippen molar-refractivity contribution in [3.63, 3.8) is 0 Å². The van der Waals surface area contributed by atoms with Crippen LogP contribution in [0.4, 0.5) is 5.82 Å². The van der Waals surface area contributed by atoms with Gasteiger partial charge >= 0.3 is 0 Å². The summed E-state index contributed by atoms with van der Waals surface area (Å²) in [6.45, 7) is 0.639. The second-order valence-corrected chi connectivity index (χ2v) is 3.77. The van der Waals surface area contributed by atoms with Crippen LogP contribution in [0.15, 0.2) is 48.9 Å². The van der Waals surface area contributed by atoms with E-state index in [9.17, 15) is 0 Å². The van der Waals surface area contributed by atoms with Gasteiger partial charge in [0, 0.05) is 18.6 Å². The molecule has 5 nitrogen and oxygen atoms in total. The van der Waals surface area contributed by atoms with E-state index in [1.807, 2.05) is 30.3 Å². The summed E-state index contributed by atoms with van der Waals surface area (Å²) < 4.78 is 0. The van der Waals surface area contributed by atoms with Crippen molar-refractivity contribution >= 4 is 17.0 Å². The zero-order valence-electron chi connectivity index (χ0n) is 9.61. The van der Waals surface area contributed by atoms with E-state index >= 15 is 0 Å². The van der Waals surface area contributed by atoms with E-state index < -0.39 is 0 Å². The van der Waals surface area contributed by atoms with Gasteiger partial charge in [0.05, 0.1) is 12.2 Å². The minimum absolute atomic E-state index is 0.639. The highest BCUT2D eigenvalue weighted by molar-refractivity contribution is 5.71. The monoisotopic (exact) mass is 237 g/mol. The van der Waals surface area contributed by atoms with E-state index in [4.69, 9.17) is 0 Å². The van der Waals surface area contributed by atoms with Gasteiger partial charge in [-0.3, -0.25) is 9.97 Å². The number of aromatic nitrogens is 4. The Balaban J connectivity index is 1.79. The van der Waals surface area contributed by atoms with Crippen LogP contribution in [0.3, 0.4) is 0 Å². The summed E-state index contributed by atoms with van der Waals surface area (Å²) >= 11 is 0. The quantitative estimate of drug-likeness (QED) is 0.755. The minimum Gasteiger partial charge on any atom is -0.364 e. The highest BCUT2D eigenvalue weighted by Crippen LogP contribution is 2.10. The Morgan fingerprint density at radius 1 is 0.889 bits per heavy atom. The summed E-state index contributed by atoms with van der Waals surface area (Å²) in [5.41, 5.74) is 2.41. The third-order valence-corrected chi connectivity index (χ3v) is 2.51. The van der Waals surface area contributed by atoms with Crippen LogP contribution in [0.5, 0.6) is 0 Å². The van der Waals surface area contributed by atoms with Gasteiger partial charge < -0.3 is 5.32 Å². The number of fused-ring (bicyclic) bond motifs is 1. The van der Waals surface area contributed by atoms with Crippen LogP contribution in [0.2, 0.25) is 0 Å². The molecule has 0 fully saturated rings. The fourth-order valence-electron chi connectivity index (χ4n) is 1.64. The van der Waals surface area contributed by atoms with Crippen LogP contribution >= 0.6 is 0 Å². The number of rotatable bonds is 3. The zero-order valence-corrected chi connectivity index (χ0v) is 9.61. The lowest BCUT2D eigenvalue weighted by Crippen LogP contribution is -2.03. The Hall–Kier alpha value is -2.56. The first kappa shape index (κ1) is 10.6. The molecule has 0 saturated carbocycles. The molecule has 5 heteroatoms. The molecular weight excluding hydrogens is 226 g/mol. The molecule has 0 aliphatic carbocycles. The molecule has 0 radical (unpaired) electrons. The van der Waals surface area contributed by atoms with E-state index in [0.717, 1.165) is 17.0 Å². The predicted molar refractivity (Wildman–Crippen MR) is 68.9 cm³/mol. The summed E-state index contributed by atoms with van der Waals surface area (Å²) in [5.74, 6) is 0.772. The molecule has 18 heavy (non-hydrogen) atoms. The Labute approximate surface area is 104 Å². The van der Waals surface area contributed by atoms with Gasteiger partial charge in [0.1, 0.15) is 11.3 Å². The first-order chi connectivity index (χ1) is 8.92. The third-order valence-electron chi connectivity index (χ3n) is 2.51. The third kappa shape index (κ3) is 2.24. The number of pyridine rings is 2. The molecule has 3 aromatic rings. The summed E-state index contributed by atoms with van der Waals surface area (Å²) in [7, 11) is 0. The summed E-state index contributed by atoms with van der Waals surface area (Å²) in [4.78, 5) is 17.0. The van der Waals surface area contributed by atoms with Crippen LogP contribution in [-0.2, 0) is 6.54 Å². The van der Waals surface area contributed by atoms with Gasteiger partial charge in [-0.25, -0.2) is 9.97 Å². The molecular formula is C13H11N5. The predicted octanol–water partition coefficient (Wildman–Crippen LogP) is 2.03. The molecule has 0 aromatic carbocycles. The Morgan fingerprint density at radius 2 is 1.83 bits per heavy atom. The van der Waals surface area contributed by atoms with Crippen molar-refractivity contribution in [2.75, 3.05) is 5.32 Å². The highest BCUT2D eigenvalue weighted by atomic mass is 15.0. The van der Waals surface area contributed by atoms with E-state index in [2.05, 4.69) is 25.3 Å².